The number of benzene rings is 9. The molecule has 19 rings (SSSR count). The van der Waals surface area contributed by atoms with Crippen LogP contribution in [0.4, 0.5) is 0 Å². The van der Waals surface area contributed by atoms with Crippen molar-refractivity contribution in [1.82, 2.24) is 62.7 Å². The molecular weight excluding hydrogens is 1120 g/mol. The van der Waals surface area contributed by atoms with Gasteiger partial charge in [0.15, 0.2) is 17.5 Å². The molecule has 9 aromatic carbocycles. The molecule has 10 aromatic heterocycles. The van der Waals surface area contributed by atoms with E-state index in [1.165, 1.54) is 0 Å². The second kappa shape index (κ2) is 19.9. The molecule has 0 N–H and O–H groups in total. The maximum absolute atomic E-state index is 6.03. The normalized spacial score (nSPS) is 12.0. The highest BCUT2D eigenvalue weighted by molar-refractivity contribution is 6.17. The second-order valence-electron chi connectivity index (χ2n) is 22.7. The van der Waals surface area contributed by atoms with Gasteiger partial charge in [-0.05, 0) is 97.1 Å². The first kappa shape index (κ1) is 50.4. The Labute approximate surface area is 518 Å². The molecule has 0 atom stereocenters. The molecule has 0 fully saturated rings. The van der Waals surface area contributed by atoms with E-state index in [0.29, 0.717) is 34.4 Å². The van der Waals surface area contributed by atoms with E-state index in [0.717, 1.165) is 138 Å². The van der Waals surface area contributed by atoms with Crippen molar-refractivity contribution < 1.29 is 0 Å². The van der Waals surface area contributed by atoms with Gasteiger partial charge in [-0.3, -0.25) is 24.5 Å². The van der Waals surface area contributed by atoms with Gasteiger partial charge in [0, 0.05) is 63.1 Å². The van der Waals surface area contributed by atoms with Crippen LogP contribution in [0.15, 0.2) is 286 Å². The Morgan fingerprint density at radius 3 is 0.956 bits per heavy atom. The van der Waals surface area contributed by atoms with E-state index in [-0.39, 0.29) is 0 Å². The first-order valence-electron chi connectivity index (χ1n) is 30.3. The van der Waals surface area contributed by atoms with Crippen LogP contribution in [0.25, 0.3) is 173 Å². The molecule has 0 unspecified atom stereocenters. The molecule has 13 heteroatoms. The van der Waals surface area contributed by atoms with Crippen LogP contribution in [0.1, 0.15) is 0 Å². The highest BCUT2D eigenvalue weighted by Gasteiger charge is 2.39. The number of para-hydroxylation sites is 7. The minimum atomic E-state index is 0.398. The van der Waals surface area contributed by atoms with Gasteiger partial charge in [0.05, 0.1) is 111 Å². The smallest absolute Gasteiger partial charge is 0.167 e. The number of hydrogen-bond donors (Lipinski definition) is 0. The van der Waals surface area contributed by atoms with Crippen LogP contribution >= 0.6 is 0 Å². The third kappa shape index (κ3) is 7.46. The van der Waals surface area contributed by atoms with Crippen molar-refractivity contribution in [2.45, 2.75) is 0 Å². The summed E-state index contributed by atoms with van der Waals surface area (Å²) in [6, 6.07) is 90.6. The molecule has 0 bridgehead atoms. The zero-order valence-corrected chi connectivity index (χ0v) is 48.4. The number of nitrogens with zero attached hydrogens (tertiary/aromatic N) is 13. The molecule has 0 amide bonds. The Balaban J connectivity index is 1.21. The van der Waals surface area contributed by atoms with Gasteiger partial charge >= 0.3 is 0 Å². The minimum Gasteiger partial charge on any atom is -0.305 e. The molecule has 0 saturated heterocycles. The monoisotopic (exact) mass is 1170 g/mol. The Morgan fingerprint density at radius 2 is 0.538 bits per heavy atom. The van der Waals surface area contributed by atoms with Crippen LogP contribution < -0.4 is 0 Å². The predicted octanol–water partition coefficient (Wildman–Crippen LogP) is 17.8. The fourth-order valence-corrected chi connectivity index (χ4v) is 14.0. The van der Waals surface area contributed by atoms with Crippen molar-refractivity contribution in [3.05, 3.63) is 286 Å². The number of imidazole rings is 1. The summed E-state index contributed by atoms with van der Waals surface area (Å²) in [7, 11) is 0. The lowest BCUT2D eigenvalue weighted by Crippen LogP contribution is -2.18. The summed E-state index contributed by atoms with van der Waals surface area (Å²) in [5, 5.41) is 3.88. The van der Waals surface area contributed by atoms with Crippen molar-refractivity contribution in [1.29, 1.82) is 0 Å². The lowest BCUT2D eigenvalue weighted by molar-refractivity contribution is 1.00. The number of fused-ring (bicyclic) bond motifs is 13. The van der Waals surface area contributed by atoms with Crippen LogP contribution in [-0.2, 0) is 0 Å². The molecule has 0 radical (unpaired) electrons. The van der Waals surface area contributed by atoms with Crippen molar-refractivity contribution in [2.24, 2.45) is 0 Å². The lowest BCUT2D eigenvalue weighted by atomic mass is 9.95. The lowest BCUT2D eigenvalue weighted by Gasteiger charge is -2.30. The third-order valence-electron chi connectivity index (χ3n) is 17.7. The molecule has 0 aliphatic rings. The maximum atomic E-state index is 6.03. The summed E-state index contributed by atoms with van der Waals surface area (Å²) < 4.78 is 12.0. The summed E-state index contributed by atoms with van der Waals surface area (Å²) in [6.07, 6.45) is 7.55. The van der Waals surface area contributed by atoms with Crippen LogP contribution in [0, 0.1) is 0 Å². The standard InChI is InChI=1S/C78H47N13/c1-4-24-48(25-5-1)75-84-76(49-26-6-2-7-27-49)86-77(85-75)65-66(78-83-55-34-14-19-39-60(55)87(78)50-28-8-3-9-29-50)72(89-57-36-16-11-31-52(57)68-62(89)41-21-45-80-68)74(91-59-38-18-13-33-54(59)70-64(91)43-23-47-82-70)73(90-58-37-17-12-32-53(58)69-63(90)42-22-46-81-69)71(65)88-56-35-15-10-30-51(56)67-61(88)40-20-44-79-67/h1-47H. The molecule has 0 aliphatic heterocycles. The molecule has 424 valence electrons. The first-order chi connectivity index (χ1) is 45.2. The van der Waals surface area contributed by atoms with E-state index in [9.17, 15) is 0 Å². The van der Waals surface area contributed by atoms with Gasteiger partial charge in [0.1, 0.15) is 5.82 Å². The van der Waals surface area contributed by atoms with E-state index in [2.05, 4.69) is 223 Å². The van der Waals surface area contributed by atoms with Crippen LogP contribution in [0.5, 0.6) is 0 Å². The van der Waals surface area contributed by atoms with Gasteiger partial charge in [-0.25, -0.2) is 19.9 Å². The molecule has 91 heavy (non-hydrogen) atoms. The number of rotatable bonds is 9. The highest BCUT2D eigenvalue weighted by atomic mass is 15.2. The number of hydrogen-bond acceptors (Lipinski definition) is 8. The second-order valence-corrected chi connectivity index (χ2v) is 22.7. The van der Waals surface area contributed by atoms with Crippen LogP contribution in [0.2, 0.25) is 0 Å². The molecule has 0 saturated carbocycles. The van der Waals surface area contributed by atoms with E-state index in [1.54, 1.807) is 0 Å². The fraction of sp³-hybridized carbons (Fsp3) is 0. The fourth-order valence-electron chi connectivity index (χ4n) is 14.0. The van der Waals surface area contributed by atoms with Crippen LogP contribution in [-0.4, -0.2) is 62.7 Å². The molecule has 13 nitrogen and oxygen atoms in total. The third-order valence-corrected chi connectivity index (χ3v) is 17.7. The van der Waals surface area contributed by atoms with Gasteiger partial charge in [-0.2, -0.15) is 0 Å². The highest BCUT2D eigenvalue weighted by Crippen LogP contribution is 2.54. The van der Waals surface area contributed by atoms with Gasteiger partial charge in [0.25, 0.3) is 0 Å². The van der Waals surface area contributed by atoms with Crippen molar-refractivity contribution >= 4 is 98.8 Å². The van der Waals surface area contributed by atoms with Gasteiger partial charge < -0.3 is 18.3 Å². The van der Waals surface area contributed by atoms with Crippen LogP contribution in [0.3, 0.4) is 0 Å². The SMILES string of the molecule is c1ccc(-c2nc(-c3ccccc3)nc(-c3c(-c4nc5ccccc5n4-c4ccccc4)c(-n4c5ccccc5c5ncccc54)c(-n4c5ccccc5c5ncccc54)c(-n4c5ccccc5c5ncccc54)c3-n3c4ccccc4c4ncccc43)n2)cc1. The first-order valence-corrected chi connectivity index (χ1v) is 30.3. The zero-order chi connectivity index (χ0) is 59.7. The quantitative estimate of drug-likeness (QED) is 0.140. The molecular formula is C78H47N13. The number of aromatic nitrogens is 13. The predicted molar refractivity (Wildman–Crippen MR) is 365 cm³/mol. The average Bonchev–Trinajstić information content (AvgIpc) is 1.61. The van der Waals surface area contributed by atoms with Gasteiger partial charge in [-0.15, -0.1) is 0 Å². The topological polar surface area (TPSA) is 128 Å². The summed E-state index contributed by atoms with van der Waals surface area (Å²) in [5.41, 5.74) is 19.2. The average molecular weight is 1170 g/mol. The molecule has 19 aromatic rings. The van der Waals surface area contributed by atoms with E-state index in [1.807, 2.05) is 85.5 Å². The molecule has 0 aliphatic carbocycles. The van der Waals surface area contributed by atoms with E-state index in [4.69, 9.17) is 39.9 Å². The van der Waals surface area contributed by atoms with Crippen molar-refractivity contribution in [3.8, 4) is 74.0 Å². The summed E-state index contributed by atoms with van der Waals surface area (Å²) in [6.45, 7) is 0. The van der Waals surface area contributed by atoms with E-state index >= 15 is 0 Å². The Morgan fingerprint density at radius 1 is 0.220 bits per heavy atom. The minimum absolute atomic E-state index is 0.398. The van der Waals surface area contributed by atoms with Gasteiger partial charge in [0.2, 0.25) is 0 Å². The van der Waals surface area contributed by atoms with Crippen molar-refractivity contribution in [3.63, 3.8) is 0 Å². The van der Waals surface area contributed by atoms with E-state index < -0.39 is 0 Å². The number of pyridine rings is 4. The van der Waals surface area contributed by atoms with Gasteiger partial charge in [-0.1, -0.05) is 164 Å². The Kier molecular flexibility index (Phi) is 11.0. The summed E-state index contributed by atoms with van der Waals surface area (Å²) in [4.78, 5) is 44.4. The largest absolute Gasteiger partial charge is 0.305 e. The molecule has 10 heterocycles. The summed E-state index contributed by atoms with van der Waals surface area (Å²) >= 11 is 0. The zero-order valence-electron chi connectivity index (χ0n) is 48.4. The van der Waals surface area contributed by atoms with Crippen molar-refractivity contribution in [2.75, 3.05) is 0 Å². The maximum Gasteiger partial charge on any atom is 0.167 e. The molecule has 0 spiro atoms. The summed E-state index contributed by atoms with van der Waals surface area (Å²) in [5.74, 6) is 2.01. The Bertz CT molecular complexity index is 5890. The Hall–Kier alpha value is -12.7.